The van der Waals surface area contributed by atoms with Crippen molar-refractivity contribution in [3.63, 3.8) is 0 Å². The van der Waals surface area contributed by atoms with Crippen molar-refractivity contribution in [2.45, 2.75) is 18.3 Å². The van der Waals surface area contributed by atoms with Crippen molar-refractivity contribution in [2.24, 2.45) is 0 Å². The number of aromatic hydroxyl groups is 2. The Balaban J connectivity index is 1.70. The number of amides is 1. The summed E-state index contributed by atoms with van der Waals surface area (Å²) < 4.78 is 1.40. The molecule has 2 aromatic rings. The van der Waals surface area contributed by atoms with Crippen molar-refractivity contribution in [2.75, 3.05) is 5.75 Å². The number of hydrogen-bond acceptors (Lipinski definition) is 8. The van der Waals surface area contributed by atoms with Crippen LogP contribution in [-0.4, -0.2) is 63.4 Å². The highest BCUT2D eigenvalue weighted by Gasteiger charge is 2.45. The number of β-lactam (4-membered cyclic amide) rings is 1. The zero-order valence-corrected chi connectivity index (χ0v) is 14.0. The highest BCUT2D eigenvalue weighted by molar-refractivity contribution is 8.00. The number of hydrogen-bond donors (Lipinski definition) is 3. The van der Waals surface area contributed by atoms with Gasteiger partial charge in [0, 0.05) is 11.3 Å². The fraction of sp³-hybridized carbons (Fsp3) is 0.267. The van der Waals surface area contributed by atoms with E-state index in [0.717, 1.165) is 0 Å². The average Bonchev–Trinajstić information content (AvgIpc) is 3.05. The summed E-state index contributed by atoms with van der Waals surface area (Å²) in [6.07, 6.45) is 0.345. The number of carboxylic acids is 1. The molecular formula is C15H13N5O5S. The predicted molar refractivity (Wildman–Crippen MR) is 89.0 cm³/mol. The number of carbonyl (C=O) groups excluding carboxylic acids is 1. The normalized spacial score (nSPS) is 19.3. The SMILES string of the molecule is O=C(O)C1=C(Cn2nnnc2-c2ccc(O)c(O)c2)CSC2CC(=O)N12. The molecule has 4 rings (SSSR count). The van der Waals surface area contributed by atoms with Crippen molar-refractivity contribution in [1.29, 1.82) is 0 Å². The summed E-state index contributed by atoms with van der Waals surface area (Å²) in [5.74, 6) is -1.19. The molecule has 1 atom stereocenters. The van der Waals surface area contributed by atoms with Crippen molar-refractivity contribution < 1.29 is 24.9 Å². The Labute approximate surface area is 150 Å². The molecule has 1 saturated heterocycles. The van der Waals surface area contributed by atoms with E-state index in [1.54, 1.807) is 0 Å². The minimum absolute atomic E-state index is 0.0139. The number of carbonyl (C=O) groups is 2. The molecule has 1 aromatic heterocycles. The summed E-state index contributed by atoms with van der Waals surface area (Å²) in [4.78, 5) is 24.8. The molecule has 1 fully saturated rings. The molecule has 3 heterocycles. The van der Waals surface area contributed by atoms with Crippen LogP contribution in [0.4, 0.5) is 0 Å². The summed E-state index contributed by atoms with van der Waals surface area (Å²) in [7, 11) is 0. The van der Waals surface area contributed by atoms with Crippen LogP contribution in [-0.2, 0) is 16.1 Å². The number of carboxylic acid groups (broad SMARTS) is 1. The van der Waals surface area contributed by atoms with E-state index in [1.165, 1.54) is 39.5 Å². The lowest BCUT2D eigenvalue weighted by Crippen LogP contribution is -2.54. The third kappa shape index (κ3) is 2.56. The third-order valence-corrected chi connectivity index (χ3v) is 5.52. The summed E-state index contributed by atoms with van der Waals surface area (Å²) in [6.45, 7) is 0.0924. The number of benzene rings is 1. The van der Waals surface area contributed by atoms with Gasteiger partial charge >= 0.3 is 5.97 Å². The van der Waals surface area contributed by atoms with Crippen LogP contribution in [0.25, 0.3) is 11.4 Å². The molecule has 0 spiro atoms. The van der Waals surface area contributed by atoms with E-state index in [9.17, 15) is 24.9 Å². The first-order valence-electron chi connectivity index (χ1n) is 7.63. The Morgan fingerprint density at radius 1 is 1.31 bits per heavy atom. The number of aromatic nitrogens is 4. The van der Waals surface area contributed by atoms with Crippen LogP contribution in [0, 0.1) is 0 Å². The first-order chi connectivity index (χ1) is 12.5. The molecule has 11 heteroatoms. The smallest absolute Gasteiger partial charge is 0.352 e. The molecule has 1 amide bonds. The van der Waals surface area contributed by atoms with Gasteiger partial charge in [0.05, 0.1) is 18.3 Å². The number of tetrazole rings is 1. The van der Waals surface area contributed by atoms with Crippen molar-refractivity contribution in [3.05, 3.63) is 29.5 Å². The van der Waals surface area contributed by atoms with E-state index in [2.05, 4.69) is 15.5 Å². The topological polar surface area (TPSA) is 142 Å². The predicted octanol–water partition coefficient (Wildman–Crippen LogP) is 0.395. The molecule has 3 N–H and O–H groups in total. The van der Waals surface area contributed by atoms with Crippen LogP contribution < -0.4 is 0 Å². The number of phenolic OH excluding ortho intramolecular Hbond substituents is 2. The van der Waals surface area contributed by atoms with E-state index in [4.69, 9.17) is 0 Å². The number of fused-ring (bicyclic) bond motifs is 1. The van der Waals surface area contributed by atoms with Gasteiger partial charge in [0.2, 0.25) is 5.91 Å². The minimum atomic E-state index is -1.16. The van der Waals surface area contributed by atoms with Crippen LogP contribution in [0.3, 0.4) is 0 Å². The molecule has 0 bridgehead atoms. The van der Waals surface area contributed by atoms with Gasteiger partial charge in [-0.25, -0.2) is 9.48 Å². The van der Waals surface area contributed by atoms with E-state index >= 15 is 0 Å². The Morgan fingerprint density at radius 2 is 2.12 bits per heavy atom. The molecule has 10 nitrogen and oxygen atoms in total. The second kappa shape index (κ2) is 6.02. The second-order valence-corrected chi connectivity index (χ2v) is 7.02. The quantitative estimate of drug-likeness (QED) is 0.511. The molecule has 1 aromatic carbocycles. The van der Waals surface area contributed by atoms with Crippen LogP contribution in [0.2, 0.25) is 0 Å². The second-order valence-electron chi connectivity index (χ2n) is 5.85. The van der Waals surface area contributed by atoms with E-state index < -0.39 is 5.97 Å². The van der Waals surface area contributed by atoms with E-state index in [-0.39, 0.29) is 35.0 Å². The van der Waals surface area contributed by atoms with Crippen molar-refractivity contribution in [1.82, 2.24) is 25.1 Å². The number of nitrogens with zero attached hydrogens (tertiary/aromatic N) is 5. The van der Waals surface area contributed by atoms with Gasteiger partial charge in [-0.1, -0.05) is 0 Å². The maximum atomic E-state index is 11.8. The van der Waals surface area contributed by atoms with Gasteiger partial charge in [0.1, 0.15) is 5.70 Å². The van der Waals surface area contributed by atoms with Gasteiger partial charge in [0.15, 0.2) is 17.3 Å². The molecule has 2 aliphatic rings. The molecule has 26 heavy (non-hydrogen) atoms. The maximum Gasteiger partial charge on any atom is 0.352 e. The van der Waals surface area contributed by atoms with Crippen LogP contribution in [0.5, 0.6) is 11.5 Å². The van der Waals surface area contributed by atoms with Gasteiger partial charge in [-0.2, -0.15) is 0 Å². The molecular weight excluding hydrogens is 362 g/mol. The van der Waals surface area contributed by atoms with Crippen LogP contribution >= 0.6 is 11.8 Å². The summed E-state index contributed by atoms with van der Waals surface area (Å²) in [5.41, 5.74) is 0.979. The number of aliphatic carboxylic acids is 1. The Hall–Kier alpha value is -3.08. The maximum absolute atomic E-state index is 11.8. The Kier molecular flexibility index (Phi) is 3.80. The van der Waals surface area contributed by atoms with E-state index in [0.29, 0.717) is 29.1 Å². The highest BCUT2D eigenvalue weighted by Crippen LogP contribution is 2.40. The lowest BCUT2D eigenvalue weighted by atomic mass is 10.1. The monoisotopic (exact) mass is 375 g/mol. The van der Waals surface area contributed by atoms with Gasteiger partial charge in [-0.05, 0) is 34.2 Å². The average molecular weight is 375 g/mol. The van der Waals surface area contributed by atoms with Gasteiger partial charge in [-0.3, -0.25) is 9.69 Å². The lowest BCUT2D eigenvalue weighted by molar-refractivity contribution is -0.146. The Morgan fingerprint density at radius 3 is 2.81 bits per heavy atom. The number of thioether (sulfide) groups is 1. The summed E-state index contributed by atoms with van der Waals surface area (Å²) in [6, 6.07) is 4.16. The van der Waals surface area contributed by atoms with Gasteiger partial charge in [0.25, 0.3) is 0 Å². The van der Waals surface area contributed by atoms with Crippen LogP contribution in [0.1, 0.15) is 6.42 Å². The van der Waals surface area contributed by atoms with Gasteiger partial charge in [-0.15, -0.1) is 16.9 Å². The number of phenols is 2. The highest BCUT2D eigenvalue weighted by atomic mass is 32.2. The summed E-state index contributed by atoms with van der Waals surface area (Å²) >= 11 is 1.50. The van der Waals surface area contributed by atoms with Crippen molar-refractivity contribution >= 4 is 23.6 Å². The molecule has 2 aliphatic heterocycles. The summed E-state index contributed by atoms with van der Waals surface area (Å²) in [5, 5.41) is 39.9. The largest absolute Gasteiger partial charge is 0.504 e. The minimum Gasteiger partial charge on any atom is -0.504 e. The zero-order chi connectivity index (χ0) is 18.4. The Bertz CT molecular complexity index is 956. The molecule has 0 radical (unpaired) electrons. The van der Waals surface area contributed by atoms with Crippen molar-refractivity contribution in [3.8, 4) is 22.9 Å². The molecule has 134 valence electrons. The molecule has 1 unspecified atom stereocenters. The molecule has 0 saturated carbocycles. The first-order valence-corrected chi connectivity index (χ1v) is 8.68. The standard InChI is InChI=1S/C15H13N5O5S/c21-9-2-1-7(3-10(9)22)14-16-17-18-19(14)5-8-6-26-12-4-11(23)20(12)13(8)15(24)25/h1-3,12,21-22H,4-6H2,(H,24,25). The van der Waals surface area contributed by atoms with Gasteiger partial charge < -0.3 is 15.3 Å². The fourth-order valence-electron chi connectivity index (χ4n) is 2.96. The number of rotatable bonds is 4. The zero-order valence-electron chi connectivity index (χ0n) is 13.2. The van der Waals surface area contributed by atoms with Crippen LogP contribution in [0.15, 0.2) is 29.5 Å². The van der Waals surface area contributed by atoms with E-state index in [1.807, 2.05) is 0 Å². The first kappa shape index (κ1) is 16.4. The fourth-order valence-corrected chi connectivity index (χ4v) is 4.21. The molecule has 0 aliphatic carbocycles. The lowest BCUT2D eigenvalue weighted by Gasteiger charge is -2.43. The third-order valence-electron chi connectivity index (χ3n) is 4.24.